The molecule has 1 aromatic heterocycles. The van der Waals surface area contributed by atoms with Crippen molar-refractivity contribution in [2.45, 2.75) is 13.0 Å². The third-order valence-electron chi connectivity index (χ3n) is 1.20. The number of nitrogens with zero attached hydrogens (tertiary/aromatic N) is 1. The summed E-state index contributed by atoms with van der Waals surface area (Å²) in [5.41, 5.74) is 6.04. The average Bonchev–Trinajstić information content (AvgIpc) is 1.88. The van der Waals surface area contributed by atoms with Crippen LogP contribution in [-0.2, 0) is 0 Å². The summed E-state index contributed by atoms with van der Waals surface area (Å²) >= 11 is 0. The Morgan fingerprint density at radius 2 is 2.30 bits per heavy atom. The second-order valence-corrected chi connectivity index (χ2v) is 2.17. The molecule has 0 bridgehead atoms. The molecule has 10 heavy (non-hydrogen) atoms. The van der Waals surface area contributed by atoms with Crippen molar-refractivity contribution in [2.75, 3.05) is 0 Å². The van der Waals surface area contributed by atoms with Crippen molar-refractivity contribution >= 4 is 0 Å². The van der Waals surface area contributed by atoms with Crippen LogP contribution in [0.15, 0.2) is 18.2 Å². The summed E-state index contributed by atoms with van der Waals surface area (Å²) in [7, 11) is 0. The van der Waals surface area contributed by atoms with E-state index in [9.17, 15) is 4.39 Å². The van der Waals surface area contributed by atoms with Gasteiger partial charge in [0, 0.05) is 6.04 Å². The van der Waals surface area contributed by atoms with Crippen LogP contribution in [0.1, 0.15) is 18.7 Å². The van der Waals surface area contributed by atoms with Gasteiger partial charge in [0.25, 0.3) is 0 Å². The van der Waals surface area contributed by atoms with Gasteiger partial charge in [-0.1, -0.05) is 6.07 Å². The van der Waals surface area contributed by atoms with E-state index < -0.39 is 5.95 Å². The SMILES string of the molecule is C[C@H](N)c1cccc(F)n1. The second kappa shape index (κ2) is 2.75. The molecule has 0 radical (unpaired) electrons. The van der Waals surface area contributed by atoms with Gasteiger partial charge in [-0.15, -0.1) is 0 Å². The van der Waals surface area contributed by atoms with E-state index in [1.54, 1.807) is 19.1 Å². The summed E-state index contributed by atoms with van der Waals surface area (Å²) in [5, 5.41) is 0. The van der Waals surface area contributed by atoms with E-state index in [1.165, 1.54) is 6.07 Å². The van der Waals surface area contributed by atoms with E-state index in [4.69, 9.17) is 5.73 Å². The van der Waals surface area contributed by atoms with Gasteiger partial charge >= 0.3 is 0 Å². The Balaban J connectivity index is 2.96. The molecule has 1 heterocycles. The van der Waals surface area contributed by atoms with Crippen molar-refractivity contribution in [3.05, 3.63) is 29.8 Å². The van der Waals surface area contributed by atoms with Crippen LogP contribution in [0.2, 0.25) is 0 Å². The van der Waals surface area contributed by atoms with Gasteiger partial charge in [0.1, 0.15) is 0 Å². The molecule has 0 spiro atoms. The summed E-state index contributed by atoms with van der Waals surface area (Å²) in [6.45, 7) is 1.77. The lowest BCUT2D eigenvalue weighted by atomic mass is 10.2. The van der Waals surface area contributed by atoms with E-state index in [1.807, 2.05) is 0 Å². The molecule has 1 aromatic rings. The summed E-state index contributed by atoms with van der Waals surface area (Å²) in [5.74, 6) is -0.477. The Morgan fingerprint density at radius 3 is 2.70 bits per heavy atom. The minimum atomic E-state index is -0.477. The summed E-state index contributed by atoms with van der Waals surface area (Å²) in [4.78, 5) is 3.58. The number of aromatic nitrogens is 1. The lowest BCUT2D eigenvalue weighted by molar-refractivity contribution is 0.569. The molecule has 2 nitrogen and oxygen atoms in total. The van der Waals surface area contributed by atoms with Crippen LogP contribution in [0, 0.1) is 5.95 Å². The first kappa shape index (κ1) is 7.15. The molecule has 0 saturated carbocycles. The average molecular weight is 140 g/mol. The summed E-state index contributed by atoms with van der Waals surface area (Å²) < 4.78 is 12.4. The van der Waals surface area contributed by atoms with Crippen LogP contribution in [0.3, 0.4) is 0 Å². The predicted molar refractivity (Wildman–Crippen MR) is 36.8 cm³/mol. The highest BCUT2D eigenvalue weighted by molar-refractivity contribution is 5.07. The van der Waals surface area contributed by atoms with Gasteiger partial charge < -0.3 is 5.73 Å². The zero-order valence-electron chi connectivity index (χ0n) is 5.71. The van der Waals surface area contributed by atoms with Crippen molar-refractivity contribution in [1.29, 1.82) is 0 Å². The maximum absolute atomic E-state index is 12.4. The Bertz CT molecular complexity index is 223. The number of hydrogen-bond donors (Lipinski definition) is 1. The first-order chi connectivity index (χ1) is 4.70. The van der Waals surface area contributed by atoms with Crippen molar-refractivity contribution in [2.24, 2.45) is 5.73 Å². The standard InChI is InChI=1S/C7H9FN2/c1-5(9)6-3-2-4-7(8)10-6/h2-5H,9H2,1H3/t5-/m0/s1. The molecule has 1 atom stereocenters. The van der Waals surface area contributed by atoms with Gasteiger partial charge in [-0.3, -0.25) is 0 Å². The maximum Gasteiger partial charge on any atom is 0.213 e. The van der Waals surface area contributed by atoms with Gasteiger partial charge in [0.2, 0.25) is 5.95 Å². The first-order valence-corrected chi connectivity index (χ1v) is 3.08. The molecule has 0 saturated heterocycles. The maximum atomic E-state index is 12.4. The largest absolute Gasteiger partial charge is 0.323 e. The Hall–Kier alpha value is -0.960. The Labute approximate surface area is 58.9 Å². The van der Waals surface area contributed by atoms with Crippen LogP contribution >= 0.6 is 0 Å². The van der Waals surface area contributed by atoms with Crippen LogP contribution in [0.5, 0.6) is 0 Å². The molecule has 0 unspecified atom stereocenters. The van der Waals surface area contributed by atoms with Crippen molar-refractivity contribution in [3.63, 3.8) is 0 Å². The van der Waals surface area contributed by atoms with Gasteiger partial charge in [-0.25, -0.2) is 4.98 Å². The molecular weight excluding hydrogens is 131 g/mol. The quantitative estimate of drug-likeness (QED) is 0.596. The van der Waals surface area contributed by atoms with Crippen LogP contribution in [0.25, 0.3) is 0 Å². The van der Waals surface area contributed by atoms with Gasteiger partial charge in [0.05, 0.1) is 5.69 Å². The third-order valence-corrected chi connectivity index (χ3v) is 1.20. The smallest absolute Gasteiger partial charge is 0.213 e. The predicted octanol–water partition coefficient (Wildman–Crippen LogP) is 1.24. The second-order valence-electron chi connectivity index (χ2n) is 2.17. The molecule has 54 valence electrons. The Kier molecular flexibility index (Phi) is 1.97. The normalized spacial score (nSPS) is 13.1. The van der Waals surface area contributed by atoms with Gasteiger partial charge in [-0.05, 0) is 19.1 Å². The summed E-state index contributed by atoms with van der Waals surface area (Å²) in [6, 6.07) is 4.40. The zero-order valence-corrected chi connectivity index (χ0v) is 5.71. The third kappa shape index (κ3) is 1.51. The minimum Gasteiger partial charge on any atom is -0.323 e. The fourth-order valence-electron chi connectivity index (χ4n) is 0.678. The lowest BCUT2D eigenvalue weighted by Crippen LogP contribution is -2.07. The van der Waals surface area contributed by atoms with Crippen molar-refractivity contribution < 1.29 is 4.39 Å². The number of pyridine rings is 1. The topological polar surface area (TPSA) is 38.9 Å². The number of hydrogen-bond acceptors (Lipinski definition) is 2. The highest BCUT2D eigenvalue weighted by Gasteiger charge is 1.99. The summed E-state index contributed by atoms with van der Waals surface area (Å²) in [6.07, 6.45) is 0. The van der Waals surface area contributed by atoms with Gasteiger partial charge in [0.15, 0.2) is 0 Å². The minimum absolute atomic E-state index is 0.198. The molecule has 0 aromatic carbocycles. The van der Waals surface area contributed by atoms with E-state index in [0.29, 0.717) is 5.69 Å². The van der Waals surface area contributed by atoms with E-state index in [2.05, 4.69) is 4.98 Å². The highest BCUT2D eigenvalue weighted by atomic mass is 19.1. The molecule has 3 heteroatoms. The number of nitrogens with two attached hydrogens (primary N) is 1. The fourth-order valence-corrected chi connectivity index (χ4v) is 0.678. The van der Waals surface area contributed by atoms with Crippen molar-refractivity contribution in [1.82, 2.24) is 4.98 Å². The zero-order chi connectivity index (χ0) is 7.56. The van der Waals surface area contributed by atoms with Gasteiger partial charge in [-0.2, -0.15) is 4.39 Å². The van der Waals surface area contributed by atoms with Crippen molar-refractivity contribution in [3.8, 4) is 0 Å². The molecule has 2 N–H and O–H groups in total. The fraction of sp³-hybridized carbons (Fsp3) is 0.286. The monoisotopic (exact) mass is 140 g/mol. The molecule has 0 aliphatic heterocycles. The highest BCUT2D eigenvalue weighted by Crippen LogP contribution is 2.05. The number of halogens is 1. The van der Waals surface area contributed by atoms with Crippen LogP contribution in [-0.4, -0.2) is 4.98 Å². The lowest BCUT2D eigenvalue weighted by Gasteiger charge is -2.01. The molecule has 0 amide bonds. The molecule has 0 fully saturated rings. The Morgan fingerprint density at radius 1 is 1.60 bits per heavy atom. The van der Waals surface area contributed by atoms with Crippen LogP contribution in [0.4, 0.5) is 4.39 Å². The molecule has 1 rings (SSSR count). The van der Waals surface area contributed by atoms with E-state index >= 15 is 0 Å². The number of rotatable bonds is 1. The van der Waals surface area contributed by atoms with E-state index in [0.717, 1.165) is 0 Å². The van der Waals surface area contributed by atoms with Crippen LogP contribution < -0.4 is 5.73 Å². The van der Waals surface area contributed by atoms with E-state index in [-0.39, 0.29) is 6.04 Å². The molecular formula is C7H9FN2. The first-order valence-electron chi connectivity index (χ1n) is 3.08. The molecule has 0 aliphatic carbocycles. The molecule has 0 aliphatic rings.